The van der Waals surface area contributed by atoms with Gasteiger partial charge in [-0.3, -0.25) is 14.9 Å². The number of nitro benzene ring substituents is 1. The fourth-order valence-corrected chi connectivity index (χ4v) is 2.22. The van der Waals surface area contributed by atoms with E-state index in [4.69, 9.17) is 9.15 Å². The van der Waals surface area contributed by atoms with E-state index in [0.717, 1.165) is 0 Å². The van der Waals surface area contributed by atoms with Gasteiger partial charge in [-0.15, -0.1) is 22.0 Å². The van der Waals surface area contributed by atoms with Crippen LogP contribution in [0, 0.1) is 10.1 Å². The summed E-state index contributed by atoms with van der Waals surface area (Å²) in [7, 11) is 0. The first kappa shape index (κ1) is 16.0. The molecule has 1 heterocycles. The first-order chi connectivity index (χ1) is 10.6. The van der Waals surface area contributed by atoms with Gasteiger partial charge < -0.3 is 9.15 Å². The lowest BCUT2D eigenvalue weighted by Crippen LogP contribution is -2.06. The number of benzene rings is 1. The largest absolute Gasteiger partial charge is 0.465 e. The van der Waals surface area contributed by atoms with Crippen molar-refractivity contribution >= 4 is 23.4 Å². The van der Waals surface area contributed by atoms with Gasteiger partial charge in [-0.25, -0.2) is 0 Å². The van der Waals surface area contributed by atoms with Crippen LogP contribution in [0.3, 0.4) is 0 Å². The molecule has 0 unspecified atom stereocenters. The minimum Gasteiger partial charge on any atom is -0.465 e. The molecule has 9 heteroatoms. The number of aromatic nitrogens is 2. The average molecular weight is 323 g/mol. The number of hydrogen-bond donors (Lipinski definition) is 0. The van der Waals surface area contributed by atoms with Gasteiger partial charge >= 0.3 is 5.97 Å². The zero-order chi connectivity index (χ0) is 15.9. The smallest absolute Gasteiger partial charge is 0.315 e. The van der Waals surface area contributed by atoms with Gasteiger partial charge in [0.15, 0.2) is 0 Å². The highest BCUT2D eigenvalue weighted by molar-refractivity contribution is 7.99. The van der Waals surface area contributed by atoms with E-state index in [1.54, 1.807) is 19.1 Å². The molecular weight excluding hydrogens is 310 g/mol. The second-order valence-corrected chi connectivity index (χ2v) is 5.09. The SMILES string of the molecule is CCOC(=O)CSCc1nnc(-c2ccc([N+](=O)[O-])cc2)o1. The van der Waals surface area contributed by atoms with E-state index in [1.165, 1.54) is 23.9 Å². The molecule has 2 aromatic rings. The zero-order valence-corrected chi connectivity index (χ0v) is 12.5. The van der Waals surface area contributed by atoms with Crippen molar-refractivity contribution in [1.82, 2.24) is 10.2 Å². The molecule has 0 atom stereocenters. The van der Waals surface area contributed by atoms with Gasteiger partial charge in [0.25, 0.3) is 5.69 Å². The fourth-order valence-electron chi connectivity index (χ4n) is 1.58. The van der Waals surface area contributed by atoms with Gasteiger partial charge in [0.05, 0.1) is 23.0 Å². The number of carbonyl (C=O) groups excluding carboxylic acids is 1. The Morgan fingerprint density at radius 2 is 2.09 bits per heavy atom. The molecule has 1 aromatic heterocycles. The summed E-state index contributed by atoms with van der Waals surface area (Å²) >= 11 is 1.31. The monoisotopic (exact) mass is 323 g/mol. The molecule has 22 heavy (non-hydrogen) atoms. The van der Waals surface area contributed by atoms with E-state index >= 15 is 0 Å². The molecule has 0 bridgehead atoms. The number of nitro groups is 1. The second kappa shape index (κ2) is 7.55. The molecule has 0 fully saturated rings. The highest BCUT2D eigenvalue weighted by atomic mass is 32.2. The molecule has 0 spiro atoms. The van der Waals surface area contributed by atoms with E-state index in [1.807, 2.05) is 0 Å². The summed E-state index contributed by atoms with van der Waals surface area (Å²) in [6.07, 6.45) is 0. The van der Waals surface area contributed by atoms with Crippen molar-refractivity contribution in [2.24, 2.45) is 0 Å². The quantitative estimate of drug-likeness (QED) is 0.434. The van der Waals surface area contributed by atoms with Crippen LogP contribution in [0.2, 0.25) is 0 Å². The molecule has 0 amide bonds. The van der Waals surface area contributed by atoms with E-state index < -0.39 is 4.92 Å². The van der Waals surface area contributed by atoms with Crippen LogP contribution in [-0.4, -0.2) is 33.4 Å². The third kappa shape index (κ3) is 4.29. The number of ether oxygens (including phenoxy) is 1. The average Bonchev–Trinajstić information content (AvgIpc) is 2.96. The molecule has 0 saturated heterocycles. The molecule has 8 nitrogen and oxygen atoms in total. The van der Waals surface area contributed by atoms with Gasteiger partial charge in [0, 0.05) is 17.7 Å². The standard InChI is InChI=1S/C13H13N3O5S/c1-2-20-12(17)8-22-7-11-14-15-13(21-11)9-3-5-10(6-4-9)16(18)19/h3-6H,2,7-8H2,1H3. The maximum atomic E-state index is 11.2. The number of rotatable bonds is 7. The molecule has 2 rings (SSSR count). The van der Waals surface area contributed by atoms with Crippen LogP contribution < -0.4 is 0 Å². The normalized spacial score (nSPS) is 10.4. The molecule has 0 N–H and O–H groups in total. The van der Waals surface area contributed by atoms with Crippen molar-refractivity contribution < 1.29 is 18.9 Å². The van der Waals surface area contributed by atoms with Gasteiger partial charge in [0.2, 0.25) is 11.8 Å². The van der Waals surface area contributed by atoms with Crippen molar-refractivity contribution in [3.63, 3.8) is 0 Å². The molecule has 0 saturated carbocycles. The predicted octanol–water partition coefficient (Wildman–Crippen LogP) is 2.44. The van der Waals surface area contributed by atoms with E-state index in [-0.39, 0.29) is 23.3 Å². The number of esters is 1. The Bertz CT molecular complexity index is 656. The maximum Gasteiger partial charge on any atom is 0.315 e. The van der Waals surface area contributed by atoms with E-state index in [9.17, 15) is 14.9 Å². The molecule has 0 aliphatic heterocycles. The van der Waals surface area contributed by atoms with Crippen molar-refractivity contribution in [3.05, 3.63) is 40.3 Å². The number of non-ortho nitro benzene ring substituents is 1. The molecule has 1 aromatic carbocycles. The van der Waals surface area contributed by atoms with E-state index in [0.29, 0.717) is 23.8 Å². The second-order valence-electron chi connectivity index (χ2n) is 4.10. The first-order valence-electron chi connectivity index (χ1n) is 6.40. The van der Waals surface area contributed by atoms with Crippen molar-refractivity contribution in [2.45, 2.75) is 12.7 Å². The summed E-state index contributed by atoms with van der Waals surface area (Å²) in [5, 5.41) is 18.3. The number of carbonyl (C=O) groups is 1. The summed E-state index contributed by atoms with van der Waals surface area (Å²) in [6, 6.07) is 5.83. The molecule has 0 aliphatic carbocycles. The number of nitrogens with zero attached hydrogens (tertiary/aromatic N) is 3. The highest BCUT2D eigenvalue weighted by Gasteiger charge is 2.11. The summed E-state index contributed by atoms with van der Waals surface area (Å²) in [6.45, 7) is 2.10. The van der Waals surface area contributed by atoms with Crippen LogP contribution in [0.1, 0.15) is 12.8 Å². The fraction of sp³-hybridized carbons (Fsp3) is 0.308. The van der Waals surface area contributed by atoms with Gasteiger partial charge in [-0.2, -0.15) is 0 Å². The van der Waals surface area contributed by atoms with Crippen molar-refractivity contribution in [3.8, 4) is 11.5 Å². The van der Waals surface area contributed by atoms with Crippen LogP contribution in [0.5, 0.6) is 0 Å². The summed E-state index contributed by atoms with van der Waals surface area (Å²) in [5.74, 6) is 0.967. The van der Waals surface area contributed by atoms with Crippen LogP contribution in [0.15, 0.2) is 28.7 Å². The lowest BCUT2D eigenvalue weighted by Gasteiger charge is -1.99. The number of hydrogen-bond acceptors (Lipinski definition) is 8. The van der Waals surface area contributed by atoms with Crippen molar-refractivity contribution in [1.29, 1.82) is 0 Å². The Morgan fingerprint density at radius 3 is 2.73 bits per heavy atom. The summed E-state index contributed by atoms with van der Waals surface area (Å²) < 4.78 is 10.3. The Hall–Kier alpha value is -2.42. The predicted molar refractivity (Wildman–Crippen MR) is 79.2 cm³/mol. The molecule has 0 radical (unpaired) electrons. The number of thioether (sulfide) groups is 1. The van der Waals surface area contributed by atoms with Crippen LogP contribution in [0.4, 0.5) is 5.69 Å². The van der Waals surface area contributed by atoms with E-state index in [2.05, 4.69) is 10.2 Å². The molecular formula is C13H13N3O5S. The third-order valence-electron chi connectivity index (χ3n) is 2.54. The van der Waals surface area contributed by atoms with Crippen molar-refractivity contribution in [2.75, 3.05) is 12.4 Å². The van der Waals surface area contributed by atoms with Gasteiger partial charge in [0.1, 0.15) is 0 Å². The Morgan fingerprint density at radius 1 is 1.36 bits per heavy atom. The first-order valence-corrected chi connectivity index (χ1v) is 7.56. The zero-order valence-electron chi connectivity index (χ0n) is 11.7. The van der Waals surface area contributed by atoms with Crippen LogP contribution in [0.25, 0.3) is 11.5 Å². The Balaban J connectivity index is 1.93. The minimum absolute atomic E-state index is 0.00604. The lowest BCUT2D eigenvalue weighted by atomic mass is 10.2. The maximum absolute atomic E-state index is 11.2. The Kier molecular flexibility index (Phi) is 5.48. The van der Waals surface area contributed by atoms with Crippen LogP contribution in [-0.2, 0) is 15.3 Å². The van der Waals surface area contributed by atoms with Gasteiger partial charge in [-0.05, 0) is 19.1 Å². The lowest BCUT2D eigenvalue weighted by molar-refractivity contribution is -0.384. The molecule has 0 aliphatic rings. The van der Waals surface area contributed by atoms with Gasteiger partial charge in [-0.1, -0.05) is 0 Å². The Labute approximate surface area is 130 Å². The minimum atomic E-state index is -0.477. The topological polar surface area (TPSA) is 108 Å². The summed E-state index contributed by atoms with van der Waals surface area (Å²) in [4.78, 5) is 21.3. The van der Waals surface area contributed by atoms with Crippen LogP contribution >= 0.6 is 11.8 Å². The summed E-state index contributed by atoms with van der Waals surface area (Å²) in [5.41, 5.74) is 0.591. The molecule has 116 valence electrons. The third-order valence-corrected chi connectivity index (χ3v) is 3.43. The highest BCUT2D eigenvalue weighted by Crippen LogP contribution is 2.22.